The molecule has 2 aromatic carbocycles. The SMILES string of the molecule is Cc1oc(-c2ccc(F)cc2)cc1CCOc1cccc(CSC(C)(C)C(=O)O)c1. The number of furan rings is 1. The van der Waals surface area contributed by atoms with Gasteiger partial charge in [-0.15, -0.1) is 11.8 Å². The maximum atomic E-state index is 13.1. The van der Waals surface area contributed by atoms with E-state index in [1.807, 2.05) is 37.3 Å². The molecule has 0 atom stereocenters. The van der Waals surface area contributed by atoms with Crippen LogP contribution in [0.25, 0.3) is 11.3 Å². The van der Waals surface area contributed by atoms with Crippen molar-refractivity contribution in [1.29, 1.82) is 0 Å². The van der Waals surface area contributed by atoms with Crippen molar-refractivity contribution in [3.05, 3.63) is 77.3 Å². The summed E-state index contributed by atoms with van der Waals surface area (Å²) in [5.74, 6) is 1.78. The first-order valence-corrected chi connectivity index (χ1v) is 10.7. The Hall–Kier alpha value is -2.73. The van der Waals surface area contributed by atoms with Crippen LogP contribution in [0.15, 0.2) is 59.0 Å². The van der Waals surface area contributed by atoms with Crippen molar-refractivity contribution in [1.82, 2.24) is 0 Å². The Bertz CT molecular complexity index is 1010. The Labute approximate surface area is 180 Å². The van der Waals surface area contributed by atoms with Gasteiger partial charge in [0.1, 0.15) is 27.8 Å². The lowest BCUT2D eigenvalue weighted by Gasteiger charge is -2.18. The molecule has 3 aromatic rings. The summed E-state index contributed by atoms with van der Waals surface area (Å²) in [5.41, 5.74) is 2.90. The Morgan fingerprint density at radius 2 is 1.90 bits per heavy atom. The van der Waals surface area contributed by atoms with E-state index in [1.54, 1.807) is 26.0 Å². The number of carbonyl (C=O) groups is 1. The van der Waals surface area contributed by atoms with Gasteiger partial charge in [-0.05, 0) is 74.4 Å². The van der Waals surface area contributed by atoms with Crippen LogP contribution in [0.3, 0.4) is 0 Å². The Kier molecular flexibility index (Phi) is 6.87. The number of carboxylic acid groups (broad SMARTS) is 1. The lowest BCUT2D eigenvalue weighted by Crippen LogP contribution is -2.27. The van der Waals surface area contributed by atoms with Crippen LogP contribution in [0.5, 0.6) is 5.75 Å². The summed E-state index contributed by atoms with van der Waals surface area (Å²) in [7, 11) is 0. The molecule has 0 aliphatic rings. The highest BCUT2D eigenvalue weighted by Crippen LogP contribution is 2.30. The number of rotatable bonds is 9. The van der Waals surface area contributed by atoms with Crippen LogP contribution in [0, 0.1) is 12.7 Å². The van der Waals surface area contributed by atoms with Crippen molar-refractivity contribution in [3.63, 3.8) is 0 Å². The Morgan fingerprint density at radius 1 is 1.17 bits per heavy atom. The van der Waals surface area contributed by atoms with Gasteiger partial charge in [-0.25, -0.2) is 4.39 Å². The molecule has 1 N–H and O–H groups in total. The van der Waals surface area contributed by atoms with E-state index in [-0.39, 0.29) is 5.82 Å². The molecule has 1 aromatic heterocycles. The van der Waals surface area contributed by atoms with Crippen LogP contribution in [-0.4, -0.2) is 22.4 Å². The van der Waals surface area contributed by atoms with Crippen molar-refractivity contribution in [2.45, 2.75) is 37.7 Å². The summed E-state index contributed by atoms with van der Waals surface area (Å²) in [4.78, 5) is 11.3. The number of hydrogen-bond donors (Lipinski definition) is 1. The predicted molar refractivity (Wildman–Crippen MR) is 117 cm³/mol. The number of halogens is 1. The normalized spacial score (nSPS) is 11.5. The van der Waals surface area contributed by atoms with Crippen LogP contribution < -0.4 is 4.74 Å². The molecule has 0 spiro atoms. The lowest BCUT2D eigenvalue weighted by atomic mass is 10.1. The van der Waals surface area contributed by atoms with Gasteiger partial charge < -0.3 is 14.3 Å². The predicted octanol–water partition coefficient (Wildman–Crippen LogP) is 6.11. The number of carboxylic acids is 1. The first-order valence-electron chi connectivity index (χ1n) is 9.69. The fourth-order valence-electron chi connectivity index (χ4n) is 2.85. The lowest BCUT2D eigenvalue weighted by molar-refractivity contribution is -0.138. The summed E-state index contributed by atoms with van der Waals surface area (Å²) in [6, 6.07) is 15.9. The van der Waals surface area contributed by atoms with Crippen LogP contribution in [0.1, 0.15) is 30.7 Å². The van der Waals surface area contributed by atoms with E-state index in [9.17, 15) is 14.3 Å². The zero-order valence-corrected chi connectivity index (χ0v) is 18.1. The van der Waals surface area contributed by atoms with Gasteiger partial charge >= 0.3 is 5.97 Å². The highest BCUT2D eigenvalue weighted by atomic mass is 32.2. The van der Waals surface area contributed by atoms with Crippen molar-refractivity contribution in [2.24, 2.45) is 0 Å². The van der Waals surface area contributed by atoms with Gasteiger partial charge in [-0.3, -0.25) is 4.79 Å². The quantitative estimate of drug-likeness (QED) is 0.445. The third-order valence-electron chi connectivity index (χ3n) is 4.80. The Balaban J connectivity index is 1.57. The summed E-state index contributed by atoms with van der Waals surface area (Å²) >= 11 is 1.38. The molecule has 0 aliphatic carbocycles. The molecular weight excluding hydrogens is 403 g/mol. The van der Waals surface area contributed by atoms with E-state index in [1.165, 1.54) is 23.9 Å². The summed E-state index contributed by atoms with van der Waals surface area (Å²) in [6.45, 7) is 5.80. The van der Waals surface area contributed by atoms with Gasteiger partial charge in [0.05, 0.1) is 6.61 Å². The van der Waals surface area contributed by atoms with Gasteiger partial charge in [0.25, 0.3) is 0 Å². The van der Waals surface area contributed by atoms with E-state index in [0.29, 0.717) is 24.5 Å². The summed E-state index contributed by atoms with van der Waals surface area (Å²) in [5, 5.41) is 9.24. The number of benzene rings is 2. The molecule has 1 heterocycles. The molecule has 158 valence electrons. The number of aliphatic carboxylic acids is 1. The van der Waals surface area contributed by atoms with Crippen molar-refractivity contribution in [2.75, 3.05) is 6.61 Å². The summed E-state index contributed by atoms with van der Waals surface area (Å²) in [6.07, 6.45) is 0.682. The average Bonchev–Trinajstić information content (AvgIpc) is 3.08. The zero-order valence-electron chi connectivity index (χ0n) is 17.3. The van der Waals surface area contributed by atoms with Gasteiger partial charge in [0.15, 0.2) is 0 Å². The molecule has 0 bridgehead atoms. The maximum absolute atomic E-state index is 13.1. The number of hydrogen-bond acceptors (Lipinski definition) is 4. The highest BCUT2D eigenvalue weighted by Gasteiger charge is 2.27. The van der Waals surface area contributed by atoms with Gasteiger partial charge in [0.2, 0.25) is 0 Å². The molecular formula is C24H25FO4S. The van der Waals surface area contributed by atoms with Crippen molar-refractivity contribution < 1.29 is 23.4 Å². The minimum Gasteiger partial charge on any atom is -0.493 e. The largest absolute Gasteiger partial charge is 0.493 e. The molecule has 0 saturated heterocycles. The van der Waals surface area contributed by atoms with E-state index in [4.69, 9.17) is 9.15 Å². The number of aryl methyl sites for hydroxylation is 1. The maximum Gasteiger partial charge on any atom is 0.319 e. The number of ether oxygens (including phenoxy) is 1. The van der Waals surface area contributed by atoms with Crippen LogP contribution in [0.4, 0.5) is 4.39 Å². The zero-order chi connectivity index (χ0) is 21.7. The molecule has 30 heavy (non-hydrogen) atoms. The molecule has 0 aliphatic heterocycles. The highest BCUT2D eigenvalue weighted by molar-refractivity contribution is 8.00. The molecule has 4 nitrogen and oxygen atoms in total. The standard InChI is InChI=1S/C24H25FO4S/c1-16-19(14-22(29-16)18-7-9-20(25)10-8-18)11-12-28-21-6-4-5-17(13-21)15-30-24(2,3)23(26)27/h4-10,13-14H,11-12,15H2,1-3H3,(H,26,27). The van der Waals surface area contributed by atoms with Crippen molar-refractivity contribution >= 4 is 17.7 Å². The second-order valence-corrected chi connectivity index (χ2v) is 9.15. The molecule has 0 saturated carbocycles. The first kappa shape index (κ1) is 22.0. The number of thioether (sulfide) groups is 1. The smallest absolute Gasteiger partial charge is 0.319 e. The Morgan fingerprint density at radius 3 is 2.60 bits per heavy atom. The molecule has 0 unspecified atom stereocenters. The second-order valence-electron chi connectivity index (χ2n) is 7.55. The fraction of sp³-hybridized carbons (Fsp3) is 0.292. The average molecular weight is 429 g/mol. The van der Waals surface area contributed by atoms with Gasteiger partial charge in [-0.1, -0.05) is 12.1 Å². The first-order chi connectivity index (χ1) is 14.2. The molecule has 0 radical (unpaired) electrons. The molecule has 0 amide bonds. The molecule has 6 heteroatoms. The van der Waals surface area contributed by atoms with Gasteiger partial charge in [-0.2, -0.15) is 0 Å². The van der Waals surface area contributed by atoms with Crippen LogP contribution in [-0.2, 0) is 17.0 Å². The second kappa shape index (κ2) is 9.39. The van der Waals surface area contributed by atoms with Crippen LogP contribution in [0.2, 0.25) is 0 Å². The fourth-order valence-corrected chi connectivity index (χ4v) is 3.68. The van der Waals surface area contributed by atoms with E-state index in [0.717, 1.165) is 28.2 Å². The monoisotopic (exact) mass is 428 g/mol. The minimum absolute atomic E-state index is 0.275. The minimum atomic E-state index is -0.835. The molecule has 0 fully saturated rings. The molecule has 3 rings (SSSR count). The summed E-state index contributed by atoms with van der Waals surface area (Å²) < 4.78 is 24.0. The third-order valence-corrected chi connectivity index (χ3v) is 6.18. The van der Waals surface area contributed by atoms with Gasteiger partial charge in [0, 0.05) is 17.7 Å². The van der Waals surface area contributed by atoms with Crippen molar-refractivity contribution in [3.8, 4) is 17.1 Å². The third kappa shape index (κ3) is 5.66. The van der Waals surface area contributed by atoms with E-state index < -0.39 is 10.7 Å². The topological polar surface area (TPSA) is 59.7 Å². The van der Waals surface area contributed by atoms with Crippen LogP contribution >= 0.6 is 11.8 Å². The van der Waals surface area contributed by atoms with E-state index in [2.05, 4.69) is 0 Å². The van der Waals surface area contributed by atoms with E-state index >= 15 is 0 Å².